The molecular formula is C61H43N3. The number of nitrogens with zero attached hydrogens (tertiary/aromatic N) is 3. The van der Waals surface area contributed by atoms with E-state index in [9.17, 15) is 0 Å². The van der Waals surface area contributed by atoms with Crippen LogP contribution in [-0.4, -0.2) is 15.0 Å². The van der Waals surface area contributed by atoms with Crippen LogP contribution in [0.1, 0.15) is 29.2 Å². The average molecular weight is 818 g/mol. The van der Waals surface area contributed by atoms with Crippen LogP contribution < -0.4 is 0 Å². The molecule has 0 radical (unpaired) electrons. The van der Waals surface area contributed by atoms with E-state index in [0.717, 1.165) is 50.1 Å². The molecule has 0 N–H and O–H groups in total. The summed E-state index contributed by atoms with van der Waals surface area (Å²) in [6.07, 6.45) is 1.96. The van der Waals surface area contributed by atoms with E-state index >= 15 is 0 Å². The van der Waals surface area contributed by atoms with Crippen molar-refractivity contribution in [3.05, 3.63) is 253 Å². The van der Waals surface area contributed by atoms with Crippen LogP contribution in [0, 0.1) is 0 Å². The highest BCUT2D eigenvalue weighted by Gasteiger charge is 2.43. The van der Waals surface area contributed by atoms with Crippen LogP contribution in [0.3, 0.4) is 0 Å². The minimum atomic E-state index is -0.403. The molecule has 9 aromatic carbocycles. The zero-order chi connectivity index (χ0) is 43.0. The summed E-state index contributed by atoms with van der Waals surface area (Å²) in [6.45, 7) is 6.55. The van der Waals surface area contributed by atoms with Gasteiger partial charge in [0.05, 0.1) is 0 Å². The highest BCUT2D eigenvalue weighted by atomic mass is 15.0. The second-order valence-corrected chi connectivity index (χ2v) is 16.5. The van der Waals surface area contributed by atoms with Crippen LogP contribution in [0.2, 0.25) is 0 Å². The monoisotopic (exact) mass is 817 g/mol. The van der Waals surface area contributed by atoms with Crippen molar-refractivity contribution in [2.24, 2.45) is 0 Å². The summed E-state index contributed by atoms with van der Waals surface area (Å²) in [7, 11) is 0. The van der Waals surface area contributed by atoms with Crippen LogP contribution >= 0.6 is 0 Å². The van der Waals surface area contributed by atoms with Gasteiger partial charge in [-0.2, -0.15) is 0 Å². The van der Waals surface area contributed by atoms with Gasteiger partial charge in [0, 0.05) is 22.1 Å². The Bertz CT molecular complexity index is 3280. The summed E-state index contributed by atoms with van der Waals surface area (Å²) in [4.78, 5) is 15.5. The number of hydrogen-bond donors (Lipinski definition) is 0. The van der Waals surface area contributed by atoms with Crippen molar-refractivity contribution in [3.8, 4) is 89.8 Å². The molecule has 302 valence electrons. The van der Waals surface area contributed by atoms with Gasteiger partial charge in [0.15, 0.2) is 17.5 Å². The first kappa shape index (κ1) is 38.6. The molecule has 3 nitrogen and oxygen atoms in total. The zero-order valence-corrected chi connectivity index (χ0v) is 35.5. The molecular weight excluding hydrogens is 775 g/mol. The third-order valence-electron chi connectivity index (χ3n) is 12.8. The Hall–Kier alpha value is -8.27. The van der Waals surface area contributed by atoms with Crippen molar-refractivity contribution < 1.29 is 0 Å². The maximum absolute atomic E-state index is 5.23. The van der Waals surface area contributed by atoms with E-state index in [2.05, 4.69) is 208 Å². The van der Waals surface area contributed by atoms with E-state index in [-0.39, 0.29) is 0 Å². The Labute approximate surface area is 374 Å². The number of aromatic nitrogens is 3. The van der Waals surface area contributed by atoms with E-state index in [0.29, 0.717) is 17.5 Å². The lowest BCUT2D eigenvalue weighted by atomic mass is 9.71. The van der Waals surface area contributed by atoms with Gasteiger partial charge >= 0.3 is 0 Å². The predicted octanol–water partition coefficient (Wildman–Crippen LogP) is 15.5. The molecule has 1 aliphatic rings. The molecule has 64 heavy (non-hydrogen) atoms. The Morgan fingerprint density at radius 1 is 0.328 bits per heavy atom. The molecule has 1 aliphatic carbocycles. The fraction of sp³-hybridized carbons (Fsp3) is 0.0328. The molecule has 3 heteroatoms. The van der Waals surface area contributed by atoms with Crippen molar-refractivity contribution in [1.82, 2.24) is 15.0 Å². The number of benzene rings is 9. The van der Waals surface area contributed by atoms with E-state index in [4.69, 9.17) is 15.0 Å². The van der Waals surface area contributed by atoms with Gasteiger partial charge in [-0.1, -0.05) is 219 Å². The van der Waals surface area contributed by atoms with Gasteiger partial charge in [-0.25, -0.2) is 15.0 Å². The first-order chi connectivity index (χ1) is 31.6. The largest absolute Gasteiger partial charge is 0.208 e. The zero-order valence-electron chi connectivity index (χ0n) is 35.5. The smallest absolute Gasteiger partial charge is 0.164 e. The summed E-state index contributed by atoms with van der Waals surface area (Å²) in [6, 6.07) is 79.7. The second kappa shape index (κ2) is 16.2. The number of hydrogen-bond acceptors (Lipinski definition) is 3. The summed E-state index contributed by atoms with van der Waals surface area (Å²) >= 11 is 0. The maximum Gasteiger partial charge on any atom is 0.164 e. The minimum Gasteiger partial charge on any atom is -0.208 e. The molecule has 0 amide bonds. The van der Waals surface area contributed by atoms with Gasteiger partial charge in [-0.05, 0) is 103 Å². The molecule has 1 atom stereocenters. The predicted molar refractivity (Wildman–Crippen MR) is 265 cm³/mol. The van der Waals surface area contributed by atoms with E-state index in [1.54, 1.807) is 0 Å². The summed E-state index contributed by atoms with van der Waals surface area (Å²) in [5.41, 5.74) is 19.1. The summed E-state index contributed by atoms with van der Waals surface area (Å²) < 4.78 is 0. The first-order valence-corrected chi connectivity index (χ1v) is 21.8. The Balaban J connectivity index is 1.03. The molecule has 0 fully saturated rings. The molecule has 10 aromatic rings. The van der Waals surface area contributed by atoms with Gasteiger partial charge in [0.25, 0.3) is 0 Å². The number of rotatable bonds is 9. The fourth-order valence-electron chi connectivity index (χ4n) is 9.65. The van der Waals surface area contributed by atoms with Crippen molar-refractivity contribution in [1.29, 1.82) is 0 Å². The summed E-state index contributed by atoms with van der Waals surface area (Å²) in [5.74, 6) is 1.87. The van der Waals surface area contributed by atoms with Crippen LogP contribution in [-0.2, 0) is 5.41 Å². The molecule has 11 rings (SSSR count). The van der Waals surface area contributed by atoms with Crippen molar-refractivity contribution in [3.63, 3.8) is 0 Å². The van der Waals surface area contributed by atoms with Gasteiger partial charge in [0.1, 0.15) is 0 Å². The highest BCUT2D eigenvalue weighted by molar-refractivity contribution is 5.95. The molecule has 1 unspecified atom stereocenters. The third kappa shape index (κ3) is 6.75. The normalized spacial score (nSPS) is 13.8. The highest BCUT2D eigenvalue weighted by Crippen LogP contribution is 2.56. The lowest BCUT2D eigenvalue weighted by Gasteiger charge is -2.31. The van der Waals surface area contributed by atoms with Crippen molar-refractivity contribution >= 4 is 6.08 Å². The van der Waals surface area contributed by atoms with E-state index in [1.165, 1.54) is 44.5 Å². The molecule has 1 aromatic heterocycles. The third-order valence-corrected chi connectivity index (χ3v) is 12.8. The van der Waals surface area contributed by atoms with Gasteiger partial charge < -0.3 is 0 Å². The van der Waals surface area contributed by atoms with Crippen LogP contribution in [0.4, 0.5) is 0 Å². The quantitative estimate of drug-likeness (QED) is 0.146. The standard InChI is InChI=1S/C61H43N3/c1-3-41-20-13-14-27-50(41)52-28-15-17-31-54(52)61(2)55-32-18-16-29-53(55)57-51(30-19-33-56(57)61)44-34-36-46(37-35-44)59-62-58(45-25-11-6-12-26-45)63-60(64-59)49-39-47(42-21-7-4-8-22-42)38-48(40-49)43-23-9-5-10-24-43/h3-40H,1H2,2H3. The fourth-order valence-corrected chi connectivity index (χ4v) is 9.65. The van der Waals surface area contributed by atoms with E-state index < -0.39 is 5.41 Å². The average Bonchev–Trinajstić information content (AvgIpc) is 3.65. The van der Waals surface area contributed by atoms with Crippen molar-refractivity contribution in [2.45, 2.75) is 12.3 Å². The second-order valence-electron chi connectivity index (χ2n) is 16.5. The molecule has 0 saturated heterocycles. The Morgan fingerprint density at radius 2 is 0.734 bits per heavy atom. The van der Waals surface area contributed by atoms with Gasteiger partial charge in [0.2, 0.25) is 0 Å². The van der Waals surface area contributed by atoms with Crippen LogP contribution in [0.5, 0.6) is 0 Å². The Morgan fingerprint density at radius 3 is 1.33 bits per heavy atom. The number of fused-ring (bicyclic) bond motifs is 3. The van der Waals surface area contributed by atoms with Crippen LogP contribution in [0.25, 0.3) is 95.9 Å². The molecule has 0 aliphatic heterocycles. The first-order valence-electron chi connectivity index (χ1n) is 21.8. The lowest BCUT2D eigenvalue weighted by molar-refractivity contribution is 0.716. The topological polar surface area (TPSA) is 38.7 Å². The molecule has 0 saturated carbocycles. The van der Waals surface area contributed by atoms with Gasteiger partial charge in [-0.15, -0.1) is 0 Å². The molecule has 1 heterocycles. The van der Waals surface area contributed by atoms with Crippen LogP contribution in [0.15, 0.2) is 231 Å². The Kier molecular flexibility index (Phi) is 9.79. The lowest BCUT2D eigenvalue weighted by Crippen LogP contribution is -2.23. The molecule has 0 spiro atoms. The van der Waals surface area contributed by atoms with Crippen molar-refractivity contribution in [2.75, 3.05) is 0 Å². The molecule has 0 bridgehead atoms. The maximum atomic E-state index is 5.23. The SMILES string of the molecule is C=Cc1ccccc1-c1ccccc1C1(C)c2ccccc2-c2c(-c3ccc(-c4nc(-c5ccccc5)nc(-c5cc(-c6ccccc6)cc(-c6ccccc6)c5)n4)cc3)cccc21. The summed E-state index contributed by atoms with van der Waals surface area (Å²) in [5, 5.41) is 0. The minimum absolute atomic E-state index is 0.403. The van der Waals surface area contributed by atoms with Gasteiger partial charge in [-0.3, -0.25) is 0 Å². The van der Waals surface area contributed by atoms with E-state index in [1.807, 2.05) is 36.4 Å².